The minimum Gasteiger partial charge on any atom is -0.481 e. The van der Waals surface area contributed by atoms with Gasteiger partial charge in [0.1, 0.15) is 0 Å². The fourth-order valence-electron chi connectivity index (χ4n) is 6.86. The van der Waals surface area contributed by atoms with Crippen LogP contribution in [0.3, 0.4) is 0 Å². The molecule has 8 N–H and O–H groups in total. The summed E-state index contributed by atoms with van der Waals surface area (Å²) in [5.74, 6) is 0.141. The molecule has 19 heteroatoms. The van der Waals surface area contributed by atoms with Gasteiger partial charge in [-0.3, -0.25) is 34.5 Å². The summed E-state index contributed by atoms with van der Waals surface area (Å²) in [6.45, 7) is 2.08. The van der Waals surface area contributed by atoms with Crippen molar-refractivity contribution in [1.29, 1.82) is 0 Å². The smallest absolute Gasteiger partial charge is 0.351 e. The number of thioether (sulfide) groups is 1. The number of hydrogen-bond donors (Lipinski definition) is 6. The van der Waals surface area contributed by atoms with E-state index in [4.69, 9.17) is 21.6 Å². The number of aliphatic carboxylic acids is 2. The van der Waals surface area contributed by atoms with Gasteiger partial charge < -0.3 is 20.8 Å². The number of rotatable bonds is 21. The number of hydrogen-bond acceptors (Lipinski definition) is 13. The van der Waals surface area contributed by atoms with Crippen molar-refractivity contribution in [3.63, 3.8) is 0 Å². The number of likely N-dealkylation sites (tertiary alicyclic amines) is 2. The monoisotopic (exact) mass is 742 g/mol. The summed E-state index contributed by atoms with van der Waals surface area (Å²) >= 11 is 1.87. The third kappa shape index (κ3) is 10.5. The van der Waals surface area contributed by atoms with E-state index in [9.17, 15) is 43.5 Å². The zero-order valence-corrected chi connectivity index (χ0v) is 29.7. The number of nitrogens with zero attached hydrogens (tertiary/aromatic N) is 2. The van der Waals surface area contributed by atoms with Crippen LogP contribution < -0.4 is 22.3 Å². The van der Waals surface area contributed by atoms with E-state index in [1.165, 1.54) is 0 Å². The minimum absolute atomic E-state index is 0.0746. The molecule has 0 aromatic carbocycles. The number of fused-ring (bicyclic) bond motifs is 1. The minimum atomic E-state index is -2.38. The fraction of sp³-hybridized carbons (Fsp3) is 0.750. The lowest BCUT2D eigenvalue weighted by Gasteiger charge is -2.42. The van der Waals surface area contributed by atoms with Crippen LogP contribution in [0.2, 0.25) is 0 Å². The van der Waals surface area contributed by atoms with Gasteiger partial charge in [0.05, 0.1) is 12.1 Å². The van der Waals surface area contributed by atoms with Gasteiger partial charge in [-0.25, -0.2) is 19.4 Å². The number of ketones is 1. The lowest BCUT2D eigenvalue weighted by molar-refractivity contribution is -0.355. The summed E-state index contributed by atoms with van der Waals surface area (Å²) in [5, 5.41) is 24.8. The van der Waals surface area contributed by atoms with Crippen molar-refractivity contribution < 1.29 is 58.4 Å². The molecule has 4 fully saturated rings. The summed E-state index contributed by atoms with van der Waals surface area (Å²) in [6, 6.07) is 0.355. The second kappa shape index (κ2) is 19.3. The van der Waals surface area contributed by atoms with Crippen molar-refractivity contribution in [3.05, 3.63) is 0 Å². The lowest BCUT2D eigenvalue weighted by Crippen LogP contribution is -2.68. The molecule has 0 bridgehead atoms. The van der Waals surface area contributed by atoms with Gasteiger partial charge >= 0.3 is 18.0 Å². The summed E-state index contributed by atoms with van der Waals surface area (Å²) in [5.41, 5.74) is 2.21. The van der Waals surface area contributed by atoms with E-state index in [-0.39, 0.29) is 75.3 Å². The highest BCUT2D eigenvalue weighted by Crippen LogP contribution is 2.37. The Morgan fingerprint density at radius 3 is 1.92 bits per heavy atom. The predicted molar refractivity (Wildman–Crippen MR) is 180 cm³/mol. The molecule has 286 valence electrons. The Balaban J connectivity index is 0.000000276. The Labute approximate surface area is 299 Å². The molecule has 4 aliphatic rings. The van der Waals surface area contributed by atoms with E-state index in [1.807, 2.05) is 11.8 Å². The second-order valence-electron chi connectivity index (χ2n) is 13.1. The van der Waals surface area contributed by atoms with Gasteiger partial charge in [-0.1, -0.05) is 32.6 Å². The van der Waals surface area contributed by atoms with E-state index < -0.39 is 47.0 Å². The largest absolute Gasteiger partial charge is 0.481 e. The topological polar surface area (TPSA) is 278 Å². The fourth-order valence-corrected chi connectivity index (χ4v) is 8.40. The molecule has 4 atom stereocenters. The number of urea groups is 1. The van der Waals surface area contributed by atoms with Crippen LogP contribution in [0.4, 0.5) is 4.79 Å². The number of nitrogens with one attached hydrogen (secondary N) is 2. The highest BCUT2D eigenvalue weighted by Gasteiger charge is 2.60. The van der Waals surface area contributed by atoms with Gasteiger partial charge in [-0.05, 0) is 32.1 Å². The molecule has 1 unspecified atom stereocenters. The first kappa shape index (κ1) is 41.8. The van der Waals surface area contributed by atoms with E-state index in [0.717, 1.165) is 44.3 Å². The van der Waals surface area contributed by atoms with Crippen molar-refractivity contribution in [2.45, 2.75) is 145 Å². The van der Waals surface area contributed by atoms with E-state index in [2.05, 4.69) is 22.5 Å². The normalized spacial score (nSPS) is 22.7. The molecule has 0 aromatic rings. The van der Waals surface area contributed by atoms with Crippen molar-refractivity contribution in [3.8, 4) is 0 Å². The average Bonchev–Trinajstić information content (AvgIpc) is 3.82. The standard InChI is InChI=1S/C16H30N4O4S.C16H20N2O8/c1-2-3-6-9-16(17,23-24-18)13(21)8-5-4-7-12-14-11(10-25-12)19-15(22)20-14;19-10-5-6-11(20)17(10)16(15(25)26,9-3-1-2-4-14(23)24)18-12(21)7-8-13(18)22/h11-12,14H,2-10,17-18H2,1H3,(H2,19,20,22);1-9H2,(H,23,24)(H,25,26)/t11-,12-,14-,16?;/m0./s1. The molecule has 4 saturated heterocycles. The molecule has 0 saturated carbocycles. The first-order valence-electron chi connectivity index (χ1n) is 17.4. The number of carbonyl (C=O) groups is 8. The van der Waals surface area contributed by atoms with Gasteiger partial charge in [0.25, 0.3) is 0 Å². The third-order valence-electron chi connectivity index (χ3n) is 9.50. The van der Waals surface area contributed by atoms with Crippen LogP contribution in [-0.4, -0.2) is 102 Å². The molecular formula is C32H50N6O12S. The zero-order valence-electron chi connectivity index (χ0n) is 28.9. The summed E-state index contributed by atoms with van der Waals surface area (Å²) < 4.78 is 0. The molecule has 0 spiro atoms. The third-order valence-corrected chi connectivity index (χ3v) is 11.0. The molecule has 0 radical (unpaired) electrons. The maximum absolute atomic E-state index is 12.4. The number of carboxylic acids is 2. The second-order valence-corrected chi connectivity index (χ2v) is 14.4. The molecule has 4 aliphatic heterocycles. The van der Waals surface area contributed by atoms with Crippen LogP contribution in [0, 0.1) is 0 Å². The van der Waals surface area contributed by atoms with Gasteiger partial charge in [-0.2, -0.15) is 22.5 Å². The molecule has 51 heavy (non-hydrogen) atoms. The van der Waals surface area contributed by atoms with Crippen LogP contribution in [-0.2, 0) is 43.4 Å². The molecular weight excluding hydrogens is 692 g/mol. The van der Waals surface area contributed by atoms with Crippen molar-refractivity contribution in [2.75, 3.05) is 5.75 Å². The summed E-state index contributed by atoms with van der Waals surface area (Å²) in [7, 11) is 0. The Morgan fingerprint density at radius 2 is 1.39 bits per heavy atom. The number of nitrogens with two attached hydrogens (primary N) is 2. The maximum atomic E-state index is 12.4. The van der Waals surface area contributed by atoms with E-state index in [1.54, 1.807) is 0 Å². The van der Waals surface area contributed by atoms with Crippen LogP contribution in [0.25, 0.3) is 0 Å². The van der Waals surface area contributed by atoms with Gasteiger partial charge in [0, 0.05) is 62.4 Å². The maximum Gasteiger partial charge on any atom is 0.351 e. The highest BCUT2D eigenvalue weighted by molar-refractivity contribution is 8.00. The van der Waals surface area contributed by atoms with Gasteiger partial charge in [-0.15, -0.1) is 4.99 Å². The Bertz CT molecular complexity index is 1270. The van der Waals surface area contributed by atoms with Crippen LogP contribution >= 0.6 is 11.8 Å². The number of unbranched alkanes of at least 4 members (excludes halogenated alkanes) is 5. The van der Waals surface area contributed by atoms with Crippen molar-refractivity contribution >= 4 is 59.1 Å². The molecule has 0 aliphatic carbocycles. The number of imide groups is 2. The number of carboxylic acid groups (broad SMARTS) is 2. The quantitative estimate of drug-likeness (QED) is 0.0242. The number of carbonyl (C=O) groups excluding carboxylic acids is 6. The molecule has 6 amide bonds. The summed E-state index contributed by atoms with van der Waals surface area (Å²) in [4.78, 5) is 105. The number of amides is 6. The molecule has 4 heterocycles. The Kier molecular flexibility index (Phi) is 15.8. The predicted octanol–water partition coefficient (Wildman–Crippen LogP) is 1.44. The zero-order chi connectivity index (χ0) is 37.8. The molecule has 0 aromatic heterocycles. The van der Waals surface area contributed by atoms with E-state index in [0.29, 0.717) is 34.3 Å². The molecule has 4 rings (SSSR count). The SMILES string of the molecule is CCCCCC(N)(OON)C(=O)CCCC[C@@H]1SC[C@@H]2NC(=O)N[C@@H]21.O=C(O)CCCCCC(C(=O)O)(N1C(=O)CCC1=O)N1C(=O)CCC1=O. The number of Topliss-reactive ketones (excluding diaryl/α,β-unsaturated/α-hetero) is 1. The average molecular weight is 743 g/mol. The van der Waals surface area contributed by atoms with Crippen LogP contribution in [0.1, 0.15) is 116 Å². The summed E-state index contributed by atoms with van der Waals surface area (Å²) in [6.07, 6.45) is 5.70. The van der Waals surface area contributed by atoms with Crippen molar-refractivity contribution in [1.82, 2.24) is 20.4 Å². The first-order chi connectivity index (χ1) is 24.2. The Hall–Kier alpha value is -3.65. The van der Waals surface area contributed by atoms with Gasteiger partial charge in [0.15, 0.2) is 5.78 Å². The molecule has 18 nitrogen and oxygen atoms in total. The van der Waals surface area contributed by atoms with Gasteiger partial charge in [0.2, 0.25) is 35.0 Å². The first-order valence-corrected chi connectivity index (χ1v) is 18.5. The van der Waals surface area contributed by atoms with Crippen LogP contribution in [0.5, 0.6) is 0 Å². The highest BCUT2D eigenvalue weighted by atomic mass is 32.2. The van der Waals surface area contributed by atoms with E-state index >= 15 is 0 Å². The Morgan fingerprint density at radius 1 is 0.824 bits per heavy atom. The lowest BCUT2D eigenvalue weighted by atomic mass is 9.96. The van der Waals surface area contributed by atoms with Crippen molar-refractivity contribution in [2.24, 2.45) is 11.6 Å². The van der Waals surface area contributed by atoms with Crippen LogP contribution in [0.15, 0.2) is 0 Å².